The lowest BCUT2D eigenvalue weighted by atomic mass is 10.1. The van der Waals surface area contributed by atoms with Crippen molar-refractivity contribution in [3.05, 3.63) is 28.9 Å². The monoisotopic (exact) mass is 351 g/mol. The summed E-state index contributed by atoms with van der Waals surface area (Å²) >= 11 is 5.58. The van der Waals surface area contributed by atoms with Gasteiger partial charge in [0.15, 0.2) is 0 Å². The third-order valence-corrected chi connectivity index (χ3v) is 5.83. The molecule has 0 radical (unpaired) electrons. The minimum absolute atomic E-state index is 0.473. The lowest BCUT2D eigenvalue weighted by Gasteiger charge is -2.40. The molecule has 3 nitrogen and oxygen atoms in total. The third-order valence-electron chi connectivity index (χ3n) is 4.00. The molecule has 1 fully saturated rings. The Morgan fingerprint density at radius 2 is 2.20 bits per heavy atom. The molecule has 3 rings (SSSR count). The van der Waals surface area contributed by atoms with Gasteiger partial charge in [-0.15, -0.1) is 0 Å². The molecule has 1 saturated heterocycles. The van der Waals surface area contributed by atoms with E-state index in [2.05, 4.69) is 45.7 Å². The second-order valence-electron chi connectivity index (χ2n) is 5.23. The predicted octanol–water partition coefficient (Wildman–Crippen LogP) is 3.91. The van der Waals surface area contributed by atoms with Gasteiger partial charge in [-0.2, -0.15) is 11.8 Å². The number of fused-ring (bicyclic) bond motifs is 1. The van der Waals surface area contributed by atoms with Crippen LogP contribution in [0.1, 0.15) is 13.8 Å². The van der Waals surface area contributed by atoms with Gasteiger partial charge in [0.1, 0.15) is 0 Å². The van der Waals surface area contributed by atoms with Crippen LogP contribution in [0.2, 0.25) is 0 Å². The zero-order chi connectivity index (χ0) is 14.3. The van der Waals surface area contributed by atoms with Crippen LogP contribution in [-0.2, 0) is 0 Å². The van der Waals surface area contributed by atoms with E-state index in [9.17, 15) is 0 Å². The lowest BCUT2D eigenvalue weighted by Crippen LogP contribution is -2.45. The highest BCUT2D eigenvalue weighted by Crippen LogP contribution is 2.37. The standard InChI is InChI=1S/C15H18BrN3S/c1-9-10(2)20-6-5-19(9)15-12-7-11(16)3-4-14(12)18-8-13(15)17/h3-4,7-10H,5-6,17H2,1-2H3. The molecule has 2 atom stereocenters. The van der Waals surface area contributed by atoms with Crippen LogP contribution < -0.4 is 10.6 Å². The number of pyridine rings is 1. The summed E-state index contributed by atoms with van der Waals surface area (Å²) in [5, 5.41) is 1.74. The molecule has 2 unspecified atom stereocenters. The number of nitrogens with zero attached hydrogens (tertiary/aromatic N) is 2. The van der Waals surface area contributed by atoms with Crippen LogP contribution in [0.15, 0.2) is 28.9 Å². The van der Waals surface area contributed by atoms with E-state index in [0.29, 0.717) is 11.3 Å². The Morgan fingerprint density at radius 3 is 3.00 bits per heavy atom. The molecule has 0 amide bonds. The first-order chi connectivity index (χ1) is 9.58. The number of nitrogen functional groups attached to an aromatic ring is 1. The van der Waals surface area contributed by atoms with E-state index >= 15 is 0 Å². The fourth-order valence-corrected chi connectivity index (χ4v) is 4.20. The number of halogens is 1. The largest absolute Gasteiger partial charge is 0.396 e. The van der Waals surface area contributed by atoms with Gasteiger partial charge in [0, 0.05) is 33.4 Å². The molecule has 2 aromatic rings. The Kier molecular flexibility index (Phi) is 3.82. The van der Waals surface area contributed by atoms with Gasteiger partial charge in [-0.3, -0.25) is 4.98 Å². The highest BCUT2D eigenvalue weighted by atomic mass is 79.9. The molecule has 5 heteroatoms. The predicted molar refractivity (Wildman–Crippen MR) is 92.6 cm³/mol. The maximum atomic E-state index is 6.25. The molecule has 2 heterocycles. The fraction of sp³-hybridized carbons (Fsp3) is 0.400. The zero-order valence-electron chi connectivity index (χ0n) is 11.6. The molecular formula is C15H18BrN3S. The van der Waals surface area contributed by atoms with Crippen LogP contribution in [-0.4, -0.2) is 28.6 Å². The summed E-state index contributed by atoms with van der Waals surface area (Å²) in [5.41, 5.74) is 9.15. The summed E-state index contributed by atoms with van der Waals surface area (Å²) in [5.74, 6) is 1.14. The first-order valence-corrected chi connectivity index (χ1v) is 8.64. The fourth-order valence-electron chi connectivity index (χ4n) is 2.74. The zero-order valence-corrected chi connectivity index (χ0v) is 14.0. The van der Waals surface area contributed by atoms with Crippen LogP contribution >= 0.6 is 27.7 Å². The Morgan fingerprint density at radius 1 is 1.40 bits per heavy atom. The van der Waals surface area contributed by atoms with Crippen molar-refractivity contribution < 1.29 is 0 Å². The van der Waals surface area contributed by atoms with Crippen molar-refractivity contribution in [1.29, 1.82) is 0 Å². The van der Waals surface area contributed by atoms with Crippen LogP contribution in [0.25, 0.3) is 10.9 Å². The van der Waals surface area contributed by atoms with E-state index in [1.807, 2.05) is 23.9 Å². The number of benzene rings is 1. The average molecular weight is 352 g/mol. The van der Waals surface area contributed by atoms with Crippen LogP contribution in [0.5, 0.6) is 0 Å². The Labute approximate surface area is 132 Å². The van der Waals surface area contributed by atoms with Crippen LogP contribution in [0.3, 0.4) is 0 Å². The summed E-state index contributed by atoms with van der Waals surface area (Å²) in [6.45, 7) is 5.60. The van der Waals surface area contributed by atoms with E-state index < -0.39 is 0 Å². The number of hydrogen-bond donors (Lipinski definition) is 1. The molecule has 1 aliphatic heterocycles. The molecule has 1 aromatic carbocycles. The second kappa shape index (κ2) is 5.45. The SMILES string of the molecule is CC1SCCN(c2c(N)cnc3ccc(Br)cc23)C1C. The topological polar surface area (TPSA) is 42.1 Å². The van der Waals surface area contributed by atoms with E-state index in [1.165, 1.54) is 0 Å². The van der Waals surface area contributed by atoms with E-state index in [1.54, 1.807) is 6.20 Å². The Balaban J connectivity index is 2.18. The third kappa shape index (κ3) is 2.37. The van der Waals surface area contributed by atoms with E-state index in [4.69, 9.17) is 5.73 Å². The van der Waals surface area contributed by atoms with Crippen molar-refractivity contribution in [3.8, 4) is 0 Å². The number of rotatable bonds is 1. The van der Waals surface area contributed by atoms with Gasteiger partial charge >= 0.3 is 0 Å². The van der Waals surface area contributed by atoms with Gasteiger partial charge in [0.05, 0.1) is 23.1 Å². The van der Waals surface area contributed by atoms with Crippen LogP contribution in [0, 0.1) is 0 Å². The van der Waals surface area contributed by atoms with Crippen molar-refractivity contribution in [2.24, 2.45) is 0 Å². The molecule has 106 valence electrons. The molecular weight excluding hydrogens is 334 g/mol. The van der Waals surface area contributed by atoms with Crippen molar-refractivity contribution in [3.63, 3.8) is 0 Å². The minimum Gasteiger partial charge on any atom is -0.396 e. The van der Waals surface area contributed by atoms with Gasteiger partial charge in [-0.1, -0.05) is 22.9 Å². The summed E-state index contributed by atoms with van der Waals surface area (Å²) < 4.78 is 1.06. The smallest absolute Gasteiger partial charge is 0.0745 e. The quantitative estimate of drug-likeness (QED) is 0.845. The normalized spacial score (nSPS) is 23.2. The second-order valence-corrected chi connectivity index (χ2v) is 7.63. The Bertz CT molecular complexity index is 641. The number of aromatic nitrogens is 1. The molecule has 0 saturated carbocycles. The molecule has 1 aromatic heterocycles. The van der Waals surface area contributed by atoms with Gasteiger partial charge in [-0.05, 0) is 25.1 Å². The summed E-state index contributed by atoms with van der Waals surface area (Å²) in [7, 11) is 0. The first kappa shape index (κ1) is 14.0. The first-order valence-electron chi connectivity index (χ1n) is 6.80. The highest BCUT2D eigenvalue weighted by molar-refractivity contribution is 9.10. The van der Waals surface area contributed by atoms with Crippen molar-refractivity contribution in [2.75, 3.05) is 22.9 Å². The van der Waals surface area contributed by atoms with Crippen molar-refractivity contribution in [1.82, 2.24) is 4.98 Å². The Hall–Kier alpha value is -0.940. The molecule has 0 aliphatic carbocycles. The average Bonchev–Trinajstić information content (AvgIpc) is 2.42. The van der Waals surface area contributed by atoms with Crippen molar-refractivity contribution in [2.45, 2.75) is 25.1 Å². The highest BCUT2D eigenvalue weighted by Gasteiger charge is 2.27. The lowest BCUT2D eigenvalue weighted by molar-refractivity contribution is 0.629. The van der Waals surface area contributed by atoms with Crippen molar-refractivity contribution >= 4 is 50.0 Å². The minimum atomic E-state index is 0.473. The number of nitrogens with two attached hydrogens (primary N) is 1. The molecule has 2 N–H and O–H groups in total. The summed E-state index contributed by atoms with van der Waals surface area (Å²) in [4.78, 5) is 6.88. The number of hydrogen-bond acceptors (Lipinski definition) is 4. The number of thioether (sulfide) groups is 1. The maximum absolute atomic E-state index is 6.25. The van der Waals surface area contributed by atoms with E-state index in [-0.39, 0.29) is 0 Å². The van der Waals surface area contributed by atoms with Gasteiger partial charge < -0.3 is 10.6 Å². The molecule has 20 heavy (non-hydrogen) atoms. The summed E-state index contributed by atoms with van der Waals surface area (Å²) in [6, 6.07) is 6.65. The van der Waals surface area contributed by atoms with Gasteiger partial charge in [0.25, 0.3) is 0 Å². The number of anilines is 2. The van der Waals surface area contributed by atoms with Gasteiger partial charge in [0.2, 0.25) is 0 Å². The van der Waals surface area contributed by atoms with Gasteiger partial charge in [-0.25, -0.2) is 0 Å². The maximum Gasteiger partial charge on any atom is 0.0745 e. The summed E-state index contributed by atoms with van der Waals surface area (Å²) in [6.07, 6.45) is 1.78. The molecule has 1 aliphatic rings. The van der Waals surface area contributed by atoms with Crippen LogP contribution in [0.4, 0.5) is 11.4 Å². The molecule has 0 spiro atoms. The molecule has 0 bridgehead atoms. The van der Waals surface area contributed by atoms with E-state index in [0.717, 1.165) is 39.0 Å².